The molecule has 0 spiro atoms. The number of nitrogens with zero attached hydrogens (tertiary/aromatic N) is 2. The molecule has 1 unspecified atom stereocenters. The number of carbonyl (C=O) groups excluding carboxylic acids is 2. The molecule has 2 aliphatic heterocycles. The van der Waals surface area contributed by atoms with Crippen molar-refractivity contribution in [2.24, 2.45) is 0 Å². The van der Waals surface area contributed by atoms with Crippen molar-refractivity contribution in [1.82, 2.24) is 15.5 Å². The van der Waals surface area contributed by atoms with Gasteiger partial charge in [-0.15, -0.1) is 0 Å². The number of halogens is 1. The van der Waals surface area contributed by atoms with E-state index in [4.69, 9.17) is 16.3 Å². The van der Waals surface area contributed by atoms with E-state index < -0.39 is 16.8 Å². The van der Waals surface area contributed by atoms with Crippen molar-refractivity contribution in [3.8, 4) is 0 Å². The average Bonchev–Trinajstić information content (AvgIpc) is 2.95. The second-order valence-corrected chi connectivity index (χ2v) is 10.6. The van der Waals surface area contributed by atoms with Crippen LogP contribution in [0.2, 0.25) is 5.02 Å². The zero-order chi connectivity index (χ0) is 28.8. The van der Waals surface area contributed by atoms with Gasteiger partial charge in [-0.2, -0.15) is 0 Å². The van der Waals surface area contributed by atoms with E-state index >= 15 is 0 Å². The molecule has 4 rings (SSSR count). The number of allylic oxidation sites excluding steroid dienone is 2. The number of dihydropyridines is 1. The number of likely N-dealkylation sites (tertiary alicyclic amines) is 1. The lowest BCUT2D eigenvalue weighted by Crippen LogP contribution is -2.38. The summed E-state index contributed by atoms with van der Waals surface area (Å²) in [6.45, 7) is 6.83. The van der Waals surface area contributed by atoms with Crippen molar-refractivity contribution >= 4 is 29.2 Å². The van der Waals surface area contributed by atoms with Gasteiger partial charge in [-0.3, -0.25) is 14.9 Å². The summed E-state index contributed by atoms with van der Waals surface area (Å²) in [5.74, 6) is -1.23. The first-order valence-corrected chi connectivity index (χ1v) is 13.8. The normalized spacial score (nSPS) is 18.4. The molecule has 9 nitrogen and oxygen atoms in total. The number of amides is 1. The summed E-state index contributed by atoms with van der Waals surface area (Å²) in [6, 6.07) is 14.9. The maximum Gasteiger partial charge on any atom is 0.336 e. The van der Waals surface area contributed by atoms with E-state index in [1.165, 1.54) is 24.8 Å². The summed E-state index contributed by atoms with van der Waals surface area (Å²) < 4.78 is 5.02. The van der Waals surface area contributed by atoms with E-state index in [0.29, 0.717) is 35.0 Å². The van der Waals surface area contributed by atoms with Crippen LogP contribution in [0.3, 0.4) is 0 Å². The minimum Gasteiger partial charge on any atom is -0.466 e. The van der Waals surface area contributed by atoms with Crippen LogP contribution in [0, 0.1) is 10.1 Å². The number of ether oxygens (including phenoxy) is 1. The molecule has 0 aromatic heterocycles. The van der Waals surface area contributed by atoms with Crippen LogP contribution in [-0.2, 0) is 14.3 Å². The lowest BCUT2D eigenvalue weighted by Gasteiger charge is -2.32. The Labute approximate surface area is 239 Å². The fraction of sp³-hybridized carbons (Fsp3) is 0.400. The highest BCUT2D eigenvalue weighted by Gasteiger charge is 2.37. The first-order valence-electron chi connectivity index (χ1n) is 13.5. The fourth-order valence-corrected chi connectivity index (χ4v) is 5.86. The molecule has 10 heteroatoms. The van der Waals surface area contributed by atoms with Crippen molar-refractivity contribution in [3.63, 3.8) is 0 Å². The van der Waals surface area contributed by atoms with E-state index in [0.717, 1.165) is 38.9 Å². The van der Waals surface area contributed by atoms with E-state index in [1.807, 2.05) is 6.07 Å². The average molecular weight is 567 g/mol. The van der Waals surface area contributed by atoms with Gasteiger partial charge in [-0.1, -0.05) is 48.0 Å². The Morgan fingerprint density at radius 2 is 1.75 bits per heavy atom. The standard InChI is InChI=1S/C30H35ClN4O5/c1-19-26(29(36)32-14-7-15-34-16-12-22(13-17-34)21-8-5-4-6-9-21)28(27(20(2)33-19)30(37)40-3)23-10-11-24(31)25(18-23)35(38)39/h4-6,8-11,18,22,28,33H,7,12-17H2,1-3H3,(H,32,36). The smallest absolute Gasteiger partial charge is 0.336 e. The second-order valence-electron chi connectivity index (χ2n) is 10.2. The molecule has 0 saturated carbocycles. The molecule has 2 N–H and O–H groups in total. The van der Waals surface area contributed by atoms with Crippen molar-refractivity contribution in [2.45, 2.75) is 44.9 Å². The topological polar surface area (TPSA) is 114 Å². The number of benzene rings is 2. The number of methoxy groups -OCH3 is 1. The molecule has 1 fully saturated rings. The zero-order valence-corrected chi connectivity index (χ0v) is 23.8. The third-order valence-electron chi connectivity index (χ3n) is 7.71. The second kappa shape index (κ2) is 13.1. The number of hydrogen-bond donors (Lipinski definition) is 2. The first kappa shape index (κ1) is 29.3. The van der Waals surface area contributed by atoms with Gasteiger partial charge in [-0.25, -0.2) is 4.79 Å². The molecule has 2 aliphatic rings. The quantitative estimate of drug-likeness (QED) is 0.189. The summed E-state index contributed by atoms with van der Waals surface area (Å²) in [6.07, 6.45) is 3.01. The molecular weight excluding hydrogens is 532 g/mol. The highest BCUT2D eigenvalue weighted by Crippen LogP contribution is 2.41. The van der Waals surface area contributed by atoms with Gasteiger partial charge in [0.25, 0.3) is 5.69 Å². The highest BCUT2D eigenvalue weighted by molar-refractivity contribution is 6.32. The van der Waals surface area contributed by atoms with Crippen LogP contribution in [0.4, 0.5) is 5.69 Å². The Hall–Kier alpha value is -3.69. The molecule has 1 saturated heterocycles. The lowest BCUT2D eigenvalue weighted by molar-refractivity contribution is -0.384. The molecule has 1 atom stereocenters. The van der Waals surface area contributed by atoms with Gasteiger partial charge in [0.1, 0.15) is 5.02 Å². The zero-order valence-electron chi connectivity index (χ0n) is 23.0. The van der Waals surface area contributed by atoms with Gasteiger partial charge < -0.3 is 20.3 Å². The number of esters is 1. The predicted molar refractivity (Wildman–Crippen MR) is 154 cm³/mol. The summed E-state index contributed by atoms with van der Waals surface area (Å²) in [7, 11) is 1.26. The van der Waals surface area contributed by atoms with Gasteiger partial charge in [0.15, 0.2) is 0 Å². The molecule has 1 amide bonds. The third-order valence-corrected chi connectivity index (χ3v) is 8.03. The maximum absolute atomic E-state index is 13.5. The van der Waals surface area contributed by atoms with E-state index in [-0.39, 0.29) is 22.2 Å². The van der Waals surface area contributed by atoms with Crippen molar-refractivity contribution in [3.05, 3.63) is 97.3 Å². The van der Waals surface area contributed by atoms with Crippen LogP contribution in [0.15, 0.2) is 71.1 Å². The van der Waals surface area contributed by atoms with Gasteiger partial charge in [0.2, 0.25) is 5.91 Å². The van der Waals surface area contributed by atoms with Crippen LogP contribution < -0.4 is 10.6 Å². The van der Waals surface area contributed by atoms with Crippen LogP contribution in [0.5, 0.6) is 0 Å². The number of piperidine rings is 1. The lowest BCUT2D eigenvalue weighted by atomic mass is 9.80. The molecule has 2 aromatic rings. The van der Waals surface area contributed by atoms with Crippen LogP contribution in [0.25, 0.3) is 0 Å². The van der Waals surface area contributed by atoms with Crippen LogP contribution >= 0.6 is 11.6 Å². The van der Waals surface area contributed by atoms with Crippen molar-refractivity contribution < 1.29 is 19.2 Å². The van der Waals surface area contributed by atoms with Gasteiger partial charge >= 0.3 is 5.97 Å². The van der Waals surface area contributed by atoms with Crippen molar-refractivity contribution in [1.29, 1.82) is 0 Å². The SMILES string of the molecule is COC(=O)C1=C(C)NC(C)=C(C(=O)NCCCN2CCC(c3ccccc3)CC2)C1c1ccc(Cl)c([N+](=O)[O-])c1. The van der Waals surface area contributed by atoms with Gasteiger partial charge in [0.05, 0.1) is 23.5 Å². The Balaban J connectivity index is 1.43. The van der Waals surface area contributed by atoms with E-state index in [2.05, 4.69) is 39.8 Å². The number of hydrogen-bond acceptors (Lipinski definition) is 7. The molecule has 2 heterocycles. The molecular formula is C30H35ClN4O5. The number of carbonyl (C=O) groups is 2. The maximum atomic E-state index is 13.5. The molecule has 0 aliphatic carbocycles. The molecule has 0 radical (unpaired) electrons. The summed E-state index contributed by atoms with van der Waals surface area (Å²) in [5.41, 5.74) is 3.12. The number of nitro benzene ring substituents is 1. The summed E-state index contributed by atoms with van der Waals surface area (Å²) in [5, 5.41) is 17.7. The summed E-state index contributed by atoms with van der Waals surface area (Å²) in [4.78, 5) is 39.8. The van der Waals surface area contributed by atoms with Crippen LogP contribution in [0.1, 0.15) is 56.1 Å². The largest absolute Gasteiger partial charge is 0.466 e. The summed E-state index contributed by atoms with van der Waals surface area (Å²) >= 11 is 6.05. The Bertz CT molecular complexity index is 1330. The number of rotatable bonds is 9. The molecule has 40 heavy (non-hydrogen) atoms. The fourth-order valence-electron chi connectivity index (χ4n) is 5.67. The highest BCUT2D eigenvalue weighted by atomic mass is 35.5. The van der Waals surface area contributed by atoms with E-state index in [1.54, 1.807) is 19.9 Å². The van der Waals surface area contributed by atoms with E-state index in [9.17, 15) is 19.7 Å². The Morgan fingerprint density at radius 3 is 2.40 bits per heavy atom. The molecule has 212 valence electrons. The number of nitro groups is 1. The minimum absolute atomic E-state index is 0.0255. The monoisotopic (exact) mass is 566 g/mol. The van der Waals surface area contributed by atoms with Crippen molar-refractivity contribution in [2.75, 3.05) is 33.3 Å². The first-order chi connectivity index (χ1) is 19.2. The molecule has 0 bridgehead atoms. The third kappa shape index (κ3) is 6.54. The van der Waals surface area contributed by atoms with Gasteiger partial charge in [-0.05, 0) is 75.9 Å². The van der Waals surface area contributed by atoms with Gasteiger partial charge in [0, 0.05) is 29.6 Å². The van der Waals surface area contributed by atoms with Crippen LogP contribution in [-0.4, -0.2) is 55.0 Å². The molecule has 2 aromatic carbocycles. The minimum atomic E-state index is -0.860. The Kier molecular flexibility index (Phi) is 9.60. The predicted octanol–water partition coefficient (Wildman–Crippen LogP) is 5.04. The number of nitrogens with one attached hydrogen (secondary N) is 2. The Morgan fingerprint density at radius 1 is 1.07 bits per heavy atom.